The molecule has 1 aromatic heterocycles. The Bertz CT molecular complexity index is 334. The van der Waals surface area contributed by atoms with Gasteiger partial charge in [-0.2, -0.15) is 0 Å². The number of carbonyl (C=O) groups is 1. The van der Waals surface area contributed by atoms with Gasteiger partial charge in [-0.1, -0.05) is 6.92 Å². The van der Waals surface area contributed by atoms with Gasteiger partial charge in [0.1, 0.15) is 0 Å². The maximum absolute atomic E-state index is 10.8. The Balaban J connectivity index is 2.88. The van der Waals surface area contributed by atoms with Gasteiger partial charge in [-0.15, -0.1) is 11.3 Å². The van der Waals surface area contributed by atoms with E-state index in [9.17, 15) is 4.79 Å². The predicted octanol–water partition coefficient (Wildman–Crippen LogP) is 3.30. The van der Waals surface area contributed by atoms with Crippen molar-refractivity contribution >= 4 is 22.7 Å². The van der Waals surface area contributed by atoms with Gasteiger partial charge in [0.05, 0.1) is 0 Å². The summed E-state index contributed by atoms with van der Waals surface area (Å²) >= 11 is 1.76. The van der Waals surface area contributed by atoms with Crippen LogP contribution in [0.3, 0.4) is 0 Å². The fourth-order valence-corrected chi connectivity index (χ4v) is 2.07. The number of hydrogen-bond acceptors (Lipinski definition) is 2. The maximum atomic E-state index is 10.8. The van der Waals surface area contributed by atoms with Gasteiger partial charge in [0.2, 0.25) is 0 Å². The summed E-state index contributed by atoms with van der Waals surface area (Å²) in [6.07, 6.45) is 2.75. The highest BCUT2D eigenvalue weighted by Crippen LogP contribution is 2.24. The van der Waals surface area contributed by atoms with Crippen LogP contribution in [0.15, 0.2) is 18.2 Å². The molecule has 0 aliphatic rings. The van der Waals surface area contributed by atoms with Crippen molar-refractivity contribution < 1.29 is 4.79 Å². The van der Waals surface area contributed by atoms with E-state index < -0.39 is 0 Å². The van der Waals surface area contributed by atoms with Gasteiger partial charge in [0.25, 0.3) is 0 Å². The van der Waals surface area contributed by atoms with E-state index >= 15 is 0 Å². The van der Waals surface area contributed by atoms with Crippen LogP contribution in [-0.2, 0) is 11.2 Å². The maximum Gasteiger partial charge on any atom is 0.152 e. The minimum atomic E-state index is 0.115. The monoisotopic (exact) mass is 194 g/mol. The quantitative estimate of drug-likeness (QED) is 0.675. The molecule has 1 heterocycles. The van der Waals surface area contributed by atoms with Crippen LogP contribution in [0.1, 0.15) is 30.5 Å². The highest BCUT2D eigenvalue weighted by atomic mass is 32.1. The van der Waals surface area contributed by atoms with Crippen molar-refractivity contribution in [2.45, 2.75) is 27.2 Å². The summed E-state index contributed by atoms with van der Waals surface area (Å²) in [4.78, 5) is 13.4. The van der Waals surface area contributed by atoms with Crippen LogP contribution in [0, 0.1) is 0 Å². The topological polar surface area (TPSA) is 17.1 Å². The summed E-state index contributed by atoms with van der Waals surface area (Å²) in [6.45, 7) is 5.70. The van der Waals surface area contributed by atoms with Crippen LogP contribution in [0.2, 0.25) is 0 Å². The molecule has 0 aromatic carbocycles. The van der Waals surface area contributed by atoms with Crippen LogP contribution < -0.4 is 0 Å². The Kier molecular flexibility index (Phi) is 3.43. The summed E-state index contributed by atoms with van der Waals surface area (Å²) in [6, 6.07) is 4.20. The van der Waals surface area contributed by atoms with Gasteiger partial charge in [-0.05, 0) is 44.1 Å². The Morgan fingerprint density at radius 1 is 1.46 bits per heavy atom. The van der Waals surface area contributed by atoms with Crippen LogP contribution in [0.25, 0.3) is 5.57 Å². The molecule has 13 heavy (non-hydrogen) atoms. The third-order valence-electron chi connectivity index (χ3n) is 1.82. The molecule has 0 N–H and O–H groups in total. The zero-order valence-electron chi connectivity index (χ0n) is 8.26. The van der Waals surface area contributed by atoms with Gasteiger partial charge in [0, 0.05) is 9.75 Å². The summed E-state index contributed by atoms with van der Waals surface area (Å²) in [7, 11) is 0. The van der Waals surface area contributed by atoms with Crippen molar-refractivity contribution in [3.8, 4) is 0 Å². The molecule has 2 heteroatoms. The molecule has 0 aliphatic carbocycles. The Morgan fingerprint density at radius 3 is 2.62 bits per heavy atom. The van der Waals surface area contributed by atoms with Gasteiger partial charge >= 0.3 is 0 Å². The normalized spacial score (nSPS) is 11.8. The van der Waals surface area contributed by atoms with Crippen molar-refractivity contribution in [2.24, 2.45) is 0 Å². The molecule has 0 bridgehead atoms. The van der Waals surface area contributed by atoms with Gasteiger partial charge in [0.15, 0.2) is 5.78 Å². The fourth-order valence-electron chi connectivity index (χ4n) is 1.16. The first-order chi connectivity index (χ1) is 6.13. The van der Waals surface area contributed by atoms with E-state index in [4.69, 9.17) is 0 Å². The third-order valence-corrected chi connectivity index (χ3v) is 3.18. The smallest absolute Gasteiger partial charge is 0.152 e. The van der Waals surface area contributed by atoms with E-state index in [1.54, 1.807) is 24.3 Å². The number of aryl methyl sites for hydroxylation is 1. The van der Waals surface area contributed by atoms with Crippen molar-refractivity contribution in [3.63, 3.8) is 0 Å². The number of carbonyl (C=O) groups excluding carboxylic acids is 1. The molecule has 0 saturated carbocycles. The Labute approximate surface area is 83.1 Å². The zero-order valence-corrected chi connectivity index (χ0v) is 9.07. The van der Waals surface area contributed by atoms with Crippen molar-refractivity contribution in [2.75, 3.05) is 0 Å². The summed E-state index contributed by atoms with van der Waals surface area (Å²) in [5, 5.41) is 0. The second-order valence-electron chi connectivity index (χ2n) is 3.06. The largest absolute Gasteiger partial charge is 0.295 e. The summed E-state index contributed by atoms with van der Waals surface area (Å²) in [5.74, 6) is 0.115. The molecule has 0 radical (unpaired) electrons. The predicted molar refractivity (Wildman–Crippen MR) is 58.0 cm³/mol. The Morgan fingerprint density at radius 2 is 2.15 bits per heavy atom. The lowest BCUT2D eigenvalue weighted by molar-refractivity contribution is -0.112. The number of allylic oxidation sites excluding steroid dienone is 2. The SMILES string of the molecule is CCc1ccc(/C(C)=C/C(C)=O)s1. The lowest BCUT2D eigenvalue weighted by atomic mass is 10.2. The zero-order chi connectivity index (χ0) is 9.84. The molecule has 0 fully saturated rings. The molecule has 0 atom stereocenters. The lowest BCUT2D eigenvalue weighted by Gasteiger charge is -1.93. The van der Waals surface area contributed by atoms with E-state index in [1.165, 1.54) is 9.75 Å². The number of ketones is 1. The number of hydrogen-bond donors (Lipinski definition) is 0. The van der Waals surface area contributed by atoms with Crippen LogP contribution in [0.4, 0.5) is 0 Å². The fraction of sp³-hybridized carbons (Fsp3) is 0.364. The molecule has 1 rings (SSSR count). The van der Waals surface area contributed by atoms with Crippen LogP contribution >= 0.6 is 11.3 Å². The molecule has 0 unspecified atom stereocenters. The molecule has 1 aromatic rings. The second kappa shape index (κ2) is 4.38. The first-order valence-corrected chi connectivity index (χ1v) is 5.23. The molecule has 1 nitrogen and oxygen atoms in total. The van der Waals surface area contributed by atoms with Gasteiger partial charge in [-0.25, -0.2) is 0 Å². The highest BCUT2D eigenvalue weighted by molar-refractivity contribution is 7.13. The minimum Gasteiger partial charge on any atom is -0.295 e. The van der Waals surface area contributed by atoms with E-state index in [2.05, 4.69) is 19.1 Å². The first kappa shape index (κ1) is 10.2. The average Bonchev–Trinajstić information content (AvgIpc) is 2.50. The third kappa shape index (κ3) is 2.81. The van der Waals surface area contributed by atoms with Crippen LogP contribution in [-0.4, -0.2) is 5.78 Å². The minimum absolute atomic E-state index is 0.115. The van der Waals surface area contributed by atoms with Gasteiger partial charge < -0.3 is 0 Å². The van der Waals surface area contributed by atoms with E-state index in [0.717, 1.165) is 12.0 Å². The Hall–Kier alpha value is -0.890. The van der Waals surface area contributed by atoms with Crippen molar-refractivity contribution in [1.82, 2.24) is 0 Å². The molecular weight excluding hydrogens is 180 g/mol. The van der Waals surface area contributed by atoms with E-state index in [0.29, 0.717) is 0 Å². The van der Waals surface area contributed by atoms with E-state index in [1.807, 2.05) is 6.92 Å². The number of thiophene rings is 1. The molecule has 0 aliphatic heterocycles. The first-order valence-electron chi connectivity index (χ1n) is 4.41. The van der Waals surface area contributed by atoms with Crippen molar-refractivity contribution in [1.29, 1.82) is 0 Å². The standard InChI is InChI=1S/C11H14OS/c1-4-10-5-6-11(13-10)8(2)7-9(3)12/h5-7H,4H2,1-3H3/b8-7+. The number of rotatable bonds is 3. The van der Waals surface area contributed by atoms with Crippen LogP contribution in [0.5, 0.6) is 0 Å². The van der Waals surface area contributed by atoms with E-state index in [-0.39, 0.29) is 5.78 Å². The highest BCUT2D eigenvalue weighted by Gasteiger charge is 2.00. The average molecular weight is 194 g/mol. The summed E-state index contributed by atoms with van der Waals surface area (Å²) < 4.78 is 0. The molecule has 0 spiro atoms. The summed E-state index contributed by atoms with van der Waals surface area (Å²) in [5.41, 5.74) is 1.07. The molecular formula is C11H14OS. The molecule has 0 amide bonds. The lowest BCUT2D eigenvalue weighted by Crippen LogP contribution is -1.82. The molecule has 0 saturated heterocycles. The second-order valence-corrected chi connectivity index (χ2v) is 4.23. The van der Waals surface area contributed by atoms with Gasteiger partial charge in [-0.3, -0.25) is 4.79 Å². The van der Waals surface area contributed by atoms with Crippen molar-refractivity contribution in [3.05, 3.63) is 28.0 Å². The molecule has 70 valence electrons.